The van der Waals surface area contributed by atoms with Gasteiger partial charge in [0, 0.05) is 23.8 Å². The predicted octanol–water partition coefficient (Wildman–Crippen LogP) is 3.18. The SMILES string of the molecule is CCOC(=O)CN(Cc1ccccc1)C(=O)c1cccc(NC(=O)NC2CC2)c1. The Bertz CT molecular complexity index is 865. The number of amides is 3. The molecule has 1 aliphatic rings. The highest BCUT2D eigenvalue weighted by atomic mass is 16.5. The number of ether oxygens (including phenoxy) is 1. The lowest BCUT2D eigenvalue weighted by molar-refractivity contribution is -0.143. The van der Waals surface area contributed by atoms with E-state index in [0.29, 0.717) is 11.3 Å². The largest absolute Gasteiger partial charge is 0.465 e. The molecule has 0 aliphatic heterocycles. The summed E-state index contributed by atoms with van der Waals surface area (Å²) >= 11 is 0. The summed E-state index contributed by atoms with van der Waals surface area (Å²) < 4.78 is 5.02. The van der Waals surface area contributed by atoms with Gasteiger partial charge in [0.15, 0.2) is 0 Å². The standard InChI is InChI=1S/C22H25N3O4/c1-2-29-20(26)15-25(14-16-7-4-3-5-8-16)21(27)17-9-6-10-19(13-17)24-22(28)23-18-11-12-18/h3-10,13,18H,2,11-12,14-15H2,1H3,(H2,23,24,28). The molecule has 0 bridgehead atoms. The van der Waals surface area contributed by atoms with Crippen molar-refractivity contribution < 1.29 is 19.1 Å². The van der Waals surface area contributed by atoms with Gasteiger partial charge in [-0.25, -0.2) is 4.79 Å². The van der Waals surface area contributed by atoms with Gasteiger partial charge in [-0.05, 0) is 43.5 Å². The molecule has 2 aromatic carbocycles. The van der Waals surface area contributed by atoms with Crippen LogP contribution >= 0.6 is 0 Å². The molecular formula is C22H25N3O4. The lowest BCUT2D eigenvalue weighted by atomic mass is 10.1. The van der Waals surface area contributed by atoms with Gasteiger partial charge >= 0.3 is 12.0 Å². The van der Waals surface area contributed by atoms with Crippen molar-refractivity contribution in [2.45, 2.75) is 32.4 Å². The Morgan fingerprint density at radius 2 is 1.83 bits per heavy atom. The number of nitrogens with zero attached hydrogens (tertiary/aromatic N) is 1. The fraction of sp³-hybridized carbons (Fsp3) is 0.318. The quantitative estimate of drug-likeness (QED) is 0.672. The molecule has 3 amide bonds. The van der Waals surface area contributed by atoms with E-state index in [-0.39, 0.29) is 37.7 Å². The summed E-state index contributed by atoms with van der Waals surface area (Å²) in [4.78, 5) is 38.5. The molecule has 29 heavy (non-hydrogen) atoms. The van der Waals surface area contributed by atoms with E-state index in [4.69, 9.17) is 4.74 Å². The first kappa shape index (κ1) is 20.4. The molecule has 1 fully saturated rings. The van der Waals surface area contributed by atoms with E-state index < -0.39 is 5.97 Å². The molecular weight excluding hydrogens is 370 g/mol. The maximum atomic E-state index is 13.1. The van der Waals surface area contributed by atoms with Crippen LogP contribution in [0, 0.1) is 0 Å². The van der Waals surface area contributed by atoms with Gasteiger partial charge in [-0.2, -0.15) is 0 Å². The summed E-state index contributed by atoms with van der Waals surface area (Å²) in [6.07, 6.45) is 1.99. The number of hydrogen-bond donors (Lipinski definition) is 2. The highest BCUT2D eigenvalue weighted by Gasteiger charge is 2.24. The maximum absolute atomic E-state index is 13.1. The molecule has 0 unspecified atom stereocenters. The van der Waals surface area contributed by atoms with Crippen LogP contribution in [0.4, 0.5) is 10.5 Å². The van der Waals surface area contributed by atoms with Crippen LogP contribution in [-0.2, 0) is 16.1 Å². The summed E-state index contributed by atoms with van der Waals surface area (Å²) in [5, 5.41) is 5.59. The third-order valence-electron chi connectivity index (χ3n) is 4.41. The topological polar surface area (TPSA) is 87.7 Å². The summed E-state index contributed by atoms with van der Waals surface area (Å²) in [5.41, 5.74) is 1.81. The Balaban J connectivity index is 1.73. The number of esters is 1. The van der Waals surface area contributed by atoms with Crippen LogP contribution in [0.15, 0.2) is 54.6 Å². The number of urea groups is 1. The Kier molecular flexibility index (Phi) is 6.84. The molecule has 2 N–H and O–H groups in total. The third kappa shape index (κ3) is 6.34. The fourth-order valence-corrected chi connectivity index (χ4v) is 2.86. The van der Waals surface area contributed by atoms with Gasteiger partial charge in [0.2, 0.25) is 0 Å². The van der Waals surface area contributed by atoms with Crippen LogP contribution in [0.5, 0.6) is 0 Å². The average molecular weight is 395 g/mol. The zero-order valence-corrected chi connectivity index (χ0v) is 16.4. The molecule has 1 aliphatic carbocycles. The number of carbonyl (C=O) groups is 3. The highest BCUT2D eigenvalue weighted by molar-refractivity contribution is 5.98. The van der Waals surface area contributed by atoms with Crippen molar-refractivity contribution in [3.05, 3.63) is 65.7 Å². The fourth-order valence-electron chi connectivity index (χ4n) is 2.86. The van der Waals surface area contributed by atoms with Crippen molar-refractivity contribution in [2.24, 2.45) is 0 Å². The second kappa shape index (κ2) is 9.73. The lowest BCUT2D eigenvalue weighted by Gasteiger charge is -2.22. The molecule has 0 aromatic heterocycles. The zero-order valence-electron chi connectivity index (χ0n) is 16.4. The van der Waals surface area contributed by atoms with Crippen LogP contribution in [0.1, 0.15) is 35.7 Å². The summed E-state index contributed by atoms with van der Waals surface area (Å²) in [6, 6.07) is 16.1. The molecule has 2 aromatic rings. The minimum Gasteiger partial charge on any atom is -0.465 e. The van der Waals surface area contributed by atoms with Gasteiger partial charge in [0.1, 0.15) is 6.54 Å². The monoisotopic (exact) mass is 395 g/mol. The number of rotatable bonds is 8. The number of hydrogen-bond acceptors (Lipinski definition) is 4. The van der Waals surface area contributed by atoms with Crippen molar-refractivity contribution in [2.75, 3.05) is 18.5 Å². The second-order valence-corrected chi connectivity index (χ2v) is 6.91. The highest BCUT2D eigenvalue weighted by Crippen LogP contribution is 2.19. The van der Waals surface area contributed by atoms with Crippen molar-refractivity contribution >= 4 is 23.6 Å². The van der Waals surface area contributed by atoms with Gasteiger partial charge in [0.05, 0.1) is 6.61 Å². The molecule has 0 atom stereocenters. The summed E-state index contributed by atoms with van der Waals surface area (Å²) in [6.45, 7) is 2.10. The minimum atomic E-state index is -0.463. The van der Waals surface area contributed by atoms with Gasteiger partial charge in [-0.1, -0.05) is 36.4 Å². The van der Waals surface area contributed by atoms with Crippen molar-refractivity contribution in [1.82, 2.24) is 10.2 Å². The van der Waals surface area contributed by atoms with E-state index in [0.717, 1.165) is 18.4 Å². The Morgan fingerprint density at radius 3 is 2.52 bits per heavy atom. The van der Waals surface area contributed by atoms with Crippen molar-refractivity contribution in [3.8, 4) is 0 Å². The van der Waals surface area contributed by atoms with Crippen LogP contribution in [0.3, 0.4) is 0 Å². The van der Waals surface area contributed by atoms with Crippen LogP contribution in [0.2, 0.25) is 0 Å². The van der Waals surface area contributed by atoms with E-state index in [1.54, 1.807) is 31.2 Å². The first-order valence-electron chi connectivity index (χ1n) is 9.71. The number of anilines is 1. The van der Waals surface area contributed by atoms with E-state index in [1.807, 2.05) is 30.3 Å². The van der Waals surface area contributed by atoms with Gasteiger partial charge in [0.25, 0.3) is 5.91 Å². The number of nitrogens with one attached hydrogen (secondary N) is 2. The Labute approximate surface area is 170 Å². The van der Waals surface area contributed by atoms with Gasteiger partial charge in [-0.15, -0.1) is 0 Å². The van der Waals surface area contributed by atoms with E-state index in [1.165, 1.54) is 4.90 Å². The zero-order chi connectivity index (χ0) is 20.6. The molecule has 0 heterocycles. The van der Waals surface area contributed by atoms with E-state index in [2.05, 4.69) is 10.6 Å². The van der Waals surface area contributed by atoms with Gasteiger partial charge < -0.3 is 20.3 Å². The number of benzene rings is 2. The van der Waals surface area contributed by atoms with Crippen LogP contribution in [-0.4, -0.2) is 42.0 Å². The molecule has 3 rings (SSSR count). The van der Waals surface area contributed by atoms with Crippen LogP contribution < -0.4 is 10.6 Å². The summed E-state index contributed by atoms with van der Waals surface area (Å²) in [7, 11) is 0. The van der Waals surface area contributed by atoms with Crippen LogP contribution in [0.25, 0.3) is 0 Å². The van der Waals surface area contributed by atoms with Crippen molar-refractivity contribution in [1.29, 1.82) is 0 Å². The Hall–Kier alpha value is -3.35. The first-order valence-corrected chi connectivity index (χ1v) is 9.71. The summed E-state index contributed by atoms with van der Waals surface area (Å²) in [5.74, 6) is -0.775. The lowest BCUT2D eigenvalue weighted by Crippen LogP contribution is -2.36. The maximum Gasteiger partial charge on any atom is 0.325 e. The molecule has 0 spiro atoms. The van der Waals surface area contributed by atoms with E-state index in [9.17, 15) is 14.4 Å². The normalized spacial score (nSPS) is 12.7. The molecule has 1 saturated carbocycles. The molecule has 7 nitrogen and oxygen atoms in total. The smallest absolute Gasteiger partial charge is 0.325 e. The van der Waals surface area contributed by atoms with Gasteiger partial charge in [-0.3, -0.25) is 9.59 Å². The second-order valence-electron chi connectivity index (χ2n) is 6.91. The Morgan fingerprint density at radius 1 is 1.07 bits per heavy atom. The average Bonchev–Trinajstić information content (AvgIpc) is 3.52. The van der Waals surface area contributed by atoms with E-state index >= 15 is 0 Å². The molecule has 0 radical (unpaired) electrons. The molecule has 152 valence electrons. The van der Waals surface area contributed by atoms with Crippen molar-refractivity contribution in [3.63, 3.8) is 0 Å². The number of carbonyl (C=O) groups excluding carboxylic acids is 3. The first-order chi connectivity index (χ1) is 14.0. The molecule has 0 saturated heterocycles. The third-order valence-corrected chi connectivity index (χ3v) is 4.41. The predicted molar refractivity (Wildman–Crippen MR) is 109 cm³/mol. The molecule has 7 heteroatoms. The minimum absolute atomic E-state index is 0.151.